The van der Waals surface area contributed by atoms with Gasteiger partial charge in [0.05, 0.1) is 6.54 Å². The molecule has 0 aliphatic carbocycles. The van der Waals surface area contributed by atoms with Crippen LogP contribution in [0.4, 0.5) is 4.79 Å². The number of amides is 3. The van der Waals surface area contributed by atoms with Crippen molar-refractivity contribution in [2.45, 2.75) is 19.8 Å². The Morgan fingerprint density at radius 3 is 2.59 bits per heavy atom. The Morgan fingerprint density at radius 1 is 1.41 bits per heavy atom. The van der Waals surface area contributed by atoms with Crippen molar-refractivity contribution in [1.29, 1.82) is 0 Å². The molecule has 1 rings (SSSR count). The van der Waals surface area contributed by atoms with Gasteiger partial charge in [-0.3, -0.25) is 15.0 Å². The topological polar surface area (TPSA) is 87.5 Å². The van der Waals surface area contributed by atoms with Crippen molar-refractivity contribution in [2.75, 3.05) is 32.7 Å². The van der Waals surface area contributed by atoms with Crippen molar-refractivity contribution in [1.82, 2.24) is 15.5 Å². The molecule has 0 unspecified atom stereocenters. The number of nitrogens with zero attached hydrogens (tertiary/aromatic N) is 1. The van der Waals surface area contributed by atoms with Crippen LogP contribution in [0.5, 0.6) is 0 Å². The van der Waals surface area contributed by atoms with E-state index in [0.29, 0.717) is 5.92 Å². The lowest BCUT2D eigenvalue weighted by Gasteiger charge is -2.28. The second-order valence-corrected chi connectivity index (χ2v) is 4.43. The zero-order valence-electron chi connectivity index (χ0n) is 10.4. The molecule has 98 valence electrons. The Labute approximate surface area is 102 Å². The number of nitrogens with one attached hydrogen (secondary N) is 2. The minimum Gasteiger partial charge on any atom is -0.351 e. The van der Waals surface area contributed by atoms with E-state index in [9.17, 15) is 9.59 Å². The summed E-state index contributed by atoms with van der Waals surface area (Å²) in [4.78, 5) is 24.0. The van der Waals surface area contributed by atoms with Crippen LogP contribution in [0, 0.1) is 5.92 Å². The molecule has 0 atom stereocenters. The molecule has 0 aromatic heterocycles. The van der Waals surface area contributed by atoms with Gasteiger partial charge in [0.25, 0.3) is 0 Å². The summed E-state index contributed by atoms with van der Waals surface area (Å²) in [5.74, 6) is 0.311. The molecule has 3 amide bonds. The van der Waals surface area contributed by atoms with Crippen LogP contribution < -0.4 is 16.4 Å². The number of piperidine rings is 1. The highest BCUT2D eigenvalue weighted by Gasteiger charge is 2.18. The molecule has 0 bridgehead atoms. The van der Waals surface area contributed by atoms with Crippen molar-refractivity contribution in [3.8, 4) is 0 Å². The number of hydrogen-bond donors (Lipinski definition) is 3. The molecule has 1 aliphatic rings. The first-order valence-corrected chi connectivity index (χ1v) is 6.14. The largest absolute Gasteiger partial charge is 0.351 e. The summed E-state index contributed by atoms with van der Waals surface area (Å²) in [5, 5.41) is 5.40. The Kier molecular flexibility index (Phi) is 5.93. The molecule has 1 saturated heterocycles. The smallest absolute Gasteiger partial charge is 0.318 e. The number of carbonyl (C=O) groups is 2. The van der Waals surface area contributed by atoms with Crippen molar-refractivity contribution >= 4 is 11.9 Å². The van der Waals surface area contributed by atoms with Crippen LogP contribution in [0.3, 0.4) is 0 Å². The number of nitrogens with two attached hydrogens (primary N) is 1. The van der Waals surface area contributed by atoms with Gasteiger partial charge in [-0.1, -0.05) is 6.92 Å². The van der Waals surface area contributed by atoms with Gasteiger partial charge in [-0.15, -0.1) is 0 Å². The fourth-order valence-electron chi connectivity index (χ4n) is 2.11. The molecule has 0 radical (unpaired) electrons. The van der Waals surface area contributed by atoms with Crippen molar-refractivity contribution in [3.05, 3.63) is 0 Å². The minimum absolute atomic E-state index is 0.239. The lowest BCUT2D eigenvalue weighted by molar-refractivity contribution is -0.121. The summed E-state index contributed by atoms with van der Waals surface area (Å²) in [5.41, 5.74) is 4.90. The van der Waals surface area contributed by atoms with E-state index in [2.05, 4.69) is 10.6 Å². The van der Waals surface area contributed by atoms with E-state index in [1.165, 1.54) is 0 Å². The number of urea groups is 1. The third-order valence-corrected chi connectivity index (χ3v) is 3.05. The van der Waals surface area contributed by atoms with Crippen LogP contribution in [0.1, 0.15) is 19.8 Å². The van der Waals surface area contributed by atoms with Crippen LogP contribution >= 0.6 is 0 Å². The maximum atomic E-state index is 11.4. The first-order chi connectivity index (χ1) is 8.11. The summed E-state index contributed by atoms with van der Waals surface area (Å²) < 4.78 is 0. The second-order valence-electron chi connectivity index (χ2n) is 4.43. The van der Waals surface area contributed by atoms with E-state index < -0.39 is 6.03 Å². The van der Waals surface area contributed by atoms with Gasteiger partial charge in [-0.2, -0.15) is 0 Å². The molecular weight excluding hydrogens is 220 g/mol. The van der Waals surface area contributed by atoms with Crippen molar-refractivity contribution in [3.63, 3.8) is 0 Å². The first kappa shape index (κ1) is 13.9. The maximum absolute atomic E-state index is 11.4. The van der Waals surface area contributed by atoms with Gasteiger partial charge in [0.2, 0.25) is 5.91 Å². The van der Waals surface area contributed by atoms with Gasteiger partial charge in [0.15, 0.2) is 0 Å². The van der Waals surface area contributed by atoms with Gasteiger partial charge < -0.3 is 11.1 Å². The van der Waals surface area contributed by atoms with Crippen molar-refractivity contribution < 1.29 is 9.59 Å². The van der Waals surface area contributed by atoms with Crippen LogP contribution in [0.2, 0.25) is 0 Å². The third-order valence-electron chi connectivity index (χ3n) is 3.05. The Balaban J connectivity index is 2.31. The van der Waals surface area contributed by atoms with E-state index in [1.54, 1.807) is 0 Å². The van der Waals surface area contributed by atoms with Gasteiger partial charge in [-0.25, -0.2) is 4.79 Å². The predicted octanol–water partition coefficient (Wildman–Crippen LogP) is -0.497. The van der Waals surface area contributed by atoms with Crippen molar-refractivity contribution in [2.24, 2.45) is 11.7 Å². The van der Waals surface area contributed by atoms with Crippen LogP contribution in [0.25, 0.3) is 0 Å². The predicted molar refractivity (Wildman–Crippen MR) is 65.4 cm³/mol. The molecule has 0 aromatic carbocycles. The maximum Gasteiger partial charge on any atom is 0.318 e. The molecule has 6 nitrogen and oxygen atoms in total. The SMILES string of the molecule is CCN(CC(=O)NC(N)=O)CC1CCNCC1. The number of imide groups is 1. The Bertz CT molecular complexity index is 264. The summed E-state index contributed by atoms with van der Waals surface area (Å²) in [6.07, 6.45) is 2.29. The molecule has 0 aromatic rings. The van der Waals surface area contributed by atoms with Crippen LogP contribution in [-0.2, 0) is 4.79 Å². The van der Waals surface area contributed by atoms with Gasteiger partial charge >= 0.3 is 6.03 Å². The summed E-state index contributed by atoms with van der Waals surface area (Å²) in [7, 11) is 0. The van der Waals surface area contributed by atoms with Crippen LogP contribution in [0.15, 0.2) is 0 Å². The fourth-order valence-corrected chi connectivity index (χ4v) is 2.11. The molecule has 4 N–H and O–H groups in total. The van der Waals surface area contributed by atoms with E-state index in [-0.39, 0.29) is 12.5 Å². The monoisotopic (exact) mass is 242 g/mol. The molecule has 0 saturated carbocycles. The average Bonchev–Trinajstić information content (AvgIpc) is 2.28. The molecule has 6 heteroatoms. The van der Waals surface area contributed by atoms with E-state index in [0.717, 1.165) is 39.0 Å². The van der Waals surface area contributed by atoms with Gasteiger partial charge in [0.1, 0.15) is 0 Å². The molecular formula is C11H22N4O2. The number of carbonyl (C=O) groups excluding carboxylic acids is 2. The van der Waals surface area contributed by atoms with E-state index in [4.69, 9.17) is 5.73 Å². The fraction of sp³-hybridized carbons (Fsp3) is 0.818. The highest BCUT2D eigenvalue weighted by atomic mass is 16.2. The lowest BCUT2D eigenvalue weighted by atomic mass is 9.97. The molecule has 0 spiro atoms. The zero-order valence-corrected chi connectivity index (χ0v) is 10.4. The number of primary amides is 1. The number of rotatable bonds is 5. The van der Waals surface area contributed by atoms with Gasteiger partial charge in [-0.05, 0) is 38.4 Å². The molecule has 1 fully saturated rings. The zero-order chi connectivity index (χ0) is 12.7. The normalized spacial score (nSPS) is 17.1. The summed E-state index contributed by atoms with van der Waals surface area (Å²) in [6, 6.07) is -0.784. The Morgan fingerprint density at radius 2 is 2.06 bits per heavy atom. The standard InChI is InChI=1S/C11H22N4O2/c1-2-15(8-10(16)14-11(12)17)7-9-3-5-13-6-4-9/h9,13H,2-8H2,1H3,(H3,12,14,16,17). The Hall–Kier alpha value is -1.14. The highest BCUT2D eigenvalue weighted by Crippen LogP contribution is 2.12. The lowest BCUT2D eigenvalue weighted by Crippen LogP contribution is -2.44. The number of hydrogen-bond acceptors (Lipinski definition) is 4. The number of likely N-dealkylation sites (N-methyl/N-ethyl adjacent to an activating group) is 1. The van der Waals surface area contributed by atoms with Crippen LogP contribution in [-0.4, -0.2) is 49.6 Å². The summed E-state index contributed by atoms with van der Waals surface area (Å²) in [6.45, 7) is 6.06. The molecule has 1 aliphatic heterocycles. The average molecular weight is 242 g/mol. The minimum atomic E-state index is -0.784. The third kappa shape index (κ3) is 5.65. The quantitative estimate of drug-likeness (QED) is 0.606. The van der Waals surface area contributed by atoms with Gasteiger partial charge in [0, 0.05) is 6.54 Å². The highest BCUT2D eigenvalue weighted by molar-refractivity contribution is 5.94. The molecule has 1 heterocycles. The van der Waals surface area contributed by atoms with E-state index in [1.807, 2.05) is 11.8 Å². The summed E-state index contributed by atoms with van der Waals surface area (Å²) >= 11 is 0. The second kappa shape index (κ2) is 7.24. The molecule has 17 heavy (non-hydrogen) atoms. The first-order valence-electron chi connectivity index (χ1n) is 6.14. The van der Waals surface area contributed by atoms with E-state index >= 15 is 0 Å².